The van der Waals surface area contributed by atoms with Crippen LogP contribution in [0.4, 0.5) is 10.1 Å². The van der Waals surface area contributed by atoms with E-state index in [1.165, 1.54) is 34.7 Å². The van der Waals surface area contributed by atoms with Gasteiger partial charge in [0.05, 0.1) is 16.8 Å². The molecule has 1 aliphatic heterocycles. The van der Waals surface area contributed by atoms with Crippen LogP contribution >= 0.6 is 0 Å². The molecule has 2 aliphatic rings. The first-order valence-electron chi connectivity index (χ1n) is 13.2. The molecule has 39 heavy (non-hydrogen) atoms. The van der Waals surface area contributed by atoms with Crippen LogP contribution in [0, 0.1) is 11.8 Å². The Balaban J connectivity index is 1.20. The van der Waals surface area contributed by atoms with Crippen LogP contribution in [0.5, 0.6) is 0 Å². The number of pyridine rings is 1. The van der Waals surface area contributed by atoms with Crippen LogP contribution in [0.1, 0.15) is 57.3 Å². The second-order valence-electron chi connectivity index (χ2n) is 10.1. The third-order valence-electron chi connectivity index (χ3n) is 7.26. The summed E-state index contributed by atoms with van der Waals surface area (Å²) < 4.78 is 15.2. The summed E-state index contributed by atoms with van der Waals surface area (Å²) in [6.07, 6.45) is 5.35. The lowest BCUT2D eigenvalue weighted by Gasteiger charge is -2.32. The Kier molecular flexibility index (Phi) is 7.00. The summed E-state index contributed by atoms with van der Waals surface area (Å²) in [5.41, 5.74) is 4.73. The van der Waals surface area contributed by atoms with Gasteiger partial charge in [-0.25, -0.2) is 4.39 Å². The highest BCUT2D eigenvalue weighted by Crippen LogP contribution is 2.43. The molecule has 0 atom stereocenters. The fraction of sp³-hybridized carbons (Fsp3) is 0.345. The number of piperazine rings is 1. The van der Waals surface area contributed by atoms with Crippen LogP contribution < -0.4 is 5.32 Å². The molecule has 0 unspecified atom stereocenters. The van der Waals surface area contributed by atoms with E-state index in [4.69, 9.17) is 0 Å². The first-order chi connectivity index (χ1) is 19.1. The Hall–Kier alpha value is -4.20. The van der Waals surface area contributed by atoms with Gasteiger partial charge in [-0.1, -0.05) is 12.0 Å². The van der Waals surface area contributed by atoms with E-state index in [1.54, 1.807) is 24.4 Å². The summed E-state index contributed by atoms with van der Waals surface area (Å²) in [6, 6.07) is 11.3. The molecule has 1 amide bonds. The molecule has 0 bridgehead atoms. The highest BCUT2D eigenvalue weighted by Gasteiger charge is 2.27. The van der Waals surface area contributed by atoms with E-state index in [1.807, 2.05) is 6.07 Å². The van der Waals surface area contributed by atoms with Crippen molar-refractivity contribution in [1.82, 2.24) is 34.6 Å². The van der Waals surface area contributed by atoms with E-state index in [9.17, 15) is 9.18 Å². The number of carbonyl (C=O) groups excluding carboxylic acids is 1. The first-order valence-corrected chi connectivity index (χ1v) is 13.2. The third-order valence-corrected chi connectivity index (χ3v) is 7.26. The summed E-state index contributed by atoms with van der Waals surface area (Å²) in [7, 11) is 2.16. The van der Waals surface area contributed by atoms with Crippen molar-refractivity contribution >= 4 is 17.2 Å². The highest BCUT2D eigenvalue weighted by atomic mass is 19.1. The van der Waals surface area contributed by atoms with Gasteiger partial charge in [0.15, 0.2) is 5.65 Å². The number of likely N-dealkylation sites (N-methyl/N-ethyl adjacent to an activating group) is 1. The van der Waals surface area contributed by atoms with Gasteiger partial charge in [0.2, 0.25) is 5.82 Å². The normalized spacial score (nSPS) is 16.2. The monoisotopic (exact) mass is 524 g/mol. The molecule has 1 saturated carbocycles. The molecule has 4 heterocycles. The zero-order valence-corrected chi connectivity index (χ0v) is 21.8. The predicted molar refractivity (Wildman–Crippen MR) is 145 cm³/mol. The minimum atomic E-state index is -0.801. The lowest BCUT2D eigenvalue weighted by atomic mass is 10.0. The molecule has 2 fully saturated rings. The van der Waals surface area contributed by atoms with Gasteiger partial charge in [-0.3, -0.25) is 14.7 Å². The molecule has 0 spiro atoms. The number of fused-ring (bicyclic) bond motifs is 1. The van der Waals surface area contributed by atoms with Crippen molar-refractivity contribution in [2.45, 2.75) is 32.0 Å². The number of carbonyl (C=O) groups is 1. The molecule has 198 valence electrons. The summed E-state index contributed by atoms with van der Waals surface area (Å²) in [4.78, 5) is 22.2. The number of benzene rings is 1. The lowest BCUT2D eigenvalue weighted by Crippen LogP contribution is -2.44. The molecule has 6 rings (SSSR count). The SMILES string of the molecule is CN1CCN(Cc2ccc(NC(=O)c3cnc(CF)c(C#Cc4nnc5cccnn45)c3)cc2C2CC2)CC1. The Morgan fingerprint density at radius 3 is 2.74 bits per heavy atom. The maximum atomic E-state index is 13.7. The average molecular weight is 525 g/mol. The van der Waals surface area contributed by atoms with Crippen LogP contribution in [0.25, 0.3) is 5.65 Å². The third kappa shape index (κ3) is 5.65. The van der Waals surface area contributed by atoms with Crippen molar-refractivity contribution < 1.29 is 9.18 Å². The number of alkyl halides is 1. The number of anilines is 1. The summed E-state index contributed by atoms with van der Waals surface area (Å²) in [5.74, 6) is 6.32. The van der Waals surface area contributed by atoms with Crippen molar-refractivity contribution in [1.29, 1.82) is 0 Å². The van der Waals surface area contributed by atoms with Gasteiger partial charge in [-0.15, -0.1) is 10.2 Å². The van der Waals surface area contributed by atoms with Crippen LogP contribution in [-0.4, -0.2) is 73.7 Å². The molecular weight excluding hydrogens is 495 g/mol. The molecule has 9 nitrogen and oxygen atoms in total. The van der Waals surface area contributed by atoms with Crippen LogP contribution in [-0.2, 0) is 13.2 Å². The first kappa shape index (κ1) is 25.1. The number of nitrogens with one attached hydrogen (secondary N) is 1. The van der Waals surface area contributed by atoms with Crippen LogP contribution in [0.15, 0.2) is 48.8 Å². The second-order valence-corrected chi connectivity index (χ2v) is 10.1. The average Bonchev–Trinajstić information content (AvgIpc) is 3.73. The summed E-state index contributed by atoms with van der Waals surface area (Å²) in [5, 5.41) is 15.2. The van der Waals surface area contributed by atoms with E-state index in [2.05, 4.69) is 66.4 Å². The molecule has 1 saturated heterocycles. The molecule has 0 radical (unpaired) electrons. The number of halogens is 1. The second kappa shape index (κ2) is 10.9. The smallest absolute Gasteiger partial charge is 0.257 e. The molecule has 3 aromatic heterocycles. The Labute approximate surface area is 226 Å². The fourth-order valence-corrected chi connectivity index (χ4v) is 4.82. The van der Waals surface area contributed by atoms with Gasteiger partial charge in [0.25, 0.3) is 5.91 Å². The van der Waals surface area contributed by atoms with E-state index in [0.29, 0.717) is 28.5 Å². The maximum absolute atomic E-state index is 13.7. The van der Waals surface area contributed by atoms with E-state index < -0.39 is 6.67 Å². The Bertz CT molecular complexity index is 1580. The largest absolute Gasteiger partial charge is 0.322 e. The fourth-order valence-electron chi connectivity index (χ4n) is 4.82. The standard InChI is InChI=1S/C29H29FN8O/c1-36-11-13-37(14-12-36)19-22-6-8-24(16-25(22)20-4-5-20)33-29(39)23-15-21(26(17-30)31-18-23)7-9-28-35-34-27-3-2-10-32-38(27)28/h2-3,6,8,10,15-16,18,20H,4-5,11-14,17,19H2,1H3,(H,33,39). The minimum Gasteiger partial charge on any atom is -0.322 e. The number of aromatic nitrogens is 5. The number of hydrogen-bond acceptors (Lipinski definition) is 7. The number of hydrogen-bond donors (Lipinski definition) is 1. The van der Waals surface area contributed by atoms with Crippen molar-refractivity contribution in [3.8, 4) is 11.8 Å². The van der Waals surface area contributed by atoms with Crippen molar-refractivity contribution in [3.63, 3.8) is 0 Å². The van der Waals surface area contributed by atoms with Crippen LogP contribution in [0.2, 0.25) is 0 Å². The van der Waals surface area contributed by atoms with Crippen molar-refractivity contribution in [2.24, 2.45) is 0 Å². The minimum absolute atomic E-state index is 0.158. The molecule has 1 aromatic carbocycles. The Morgan fingerprint density at radius 2 is 1.95 bits per heavy atom. The van der Waals surface area contributed by atoms with Crippen LogP contribution in [0.3, 0.4) is 0 Å². The van der Waals surface area contributed by atoms with Gasteiger partial charge in [0.1, 0.15) is 6.67 Å². The summed E-state index contributed by atoms with van der Waals surface area (Å²) >= 11 is 0. The van der Waals surface area contributed by atoms with Gasteiger partial charge >= 0.3 is 0 Å². The van der Waals surface area contributed by atoms with E-state index >= 15 is 0 Å². The molecule has 1 aliphatic carbocycles. The highest BCUT2D eigenvalue weighted by molar-refractivity contribution is 6.04. The van der Waals surface area contributed by atoms with Gasteiger partial charge in [0, 0.05) is 50.8 Å². The Morgan fingerprint density at radius 1 is 1.10 bits per heavy atom. The molecule has 4 aromatic rings. The van der Waals surface area contributed by atoms with Gasteiger partial charge in [-0.2, -0.15) is 9.61 Å². The zero-order valence-electron chi connectivity index (χ0n) is 21.8. The lowest BCUT2D eigenvalue weighted by molar-refractivity contribution is 0.102. The molecule has 10 heteroatoms. The molecule has 1 N–H and O–H groups in total. The maximum Gasteiger partial charge on any atom is 0.257 e. The quantitative estimate of drug-likeness (QED) is 0.387. The predicted octanol–water partition coefficient (Wildman–Crippen LogP) is 3.27. The number of rotatable bonds is 6. The van der Waals surface area contributed by atoms with Crippen molar-refractivity contribution in [2.75, 3.05) is 38.5 Å². The zero-order chi connectivity index (χ0) is 26.8. The van der Waals surface area contributed by atoms with Gasteiger partial charge in [-0.05, 0) is 73.2 Å². The van der Waals surface area contributed by atoms with Crippen molar-refractivity contribution in [3.05, 3.63) is 82.6 Å². The molecular formula is C29H29FN8O. The van der Waals surface area contributed by atoms with E-state index in [-0.39, 0.29) is 11.6 Å². The van der Waals surface area contributed by atoms with Gasteiger partial charge < -0.3 is 10.2 Å². The number of nitrogens with zero attached hydrogens (tertiary/aromatic N) is 7. The summed E-state index contributed by atoms with van der Waals surface area (Å²) in [6.45, 7) is 4.43. The topological polar surface area (TPSA) is 91.5 Å². The van der Waals surface area contributed by atoms with E-state index in [0.717, 1.165) is 38.4 Å². The number of amides is 1.